The monoisotopic (exact) mass is 417 g/mol. The molecule has 0 bridgehead atoms. The second-order valence-corrected chi connectivity index (χ2v) is 9.41. The van der Waals surface area contributed by atoms with Crippen molar-refractivity contribution in [2.24, 2.45) is 0 Å². The van der Waals surface area contributed by atoms with E-state index in [2.05, 4.69) is 4.72 Å². The van der Waals surface area contributed by atoms with E-state index in [-0.39, 0.29) is 25.9 Å². The third-order valence-electron chi connectivity index (χ3n) is 3.88. The van der Waals surface area contributed by atoms with Gasteiger partial charge in [0.05, 0.1) is 20.2 Å². The van der Waals surface area contributed by atoms with Gasteiger partial charge < -0.3 is 5.11 Å². The van der Waals surface area contributed by atoms with Gasteiger partial charge in [0.15, 0.2) is 0 Å². The first-order valence-electron chi connectivity index (χ1n) is 7.96. The zero-order chi connectivity index (χ0) is 20.4. The van der Waals surface area contributed by atoms with Crippen LogP contribution in [0.3, 0.4) is 0 Å². The standard InChI is InChI=1S/C19H15NO6S2/c21-19(22)14-6-10-16(11-7-14)27(23,24)17-12-8-15(9-13-17)20-28(25,26)18-4-2-1-3-5-18/h1-13,20H,(H,21,22). The van der Waals surface area contributed by atoms with E-state index in [0.29, 0.717) is 0 Å². The molecule has 0 heterocycles. The van der Waals surface area contributed by atoms with E-state index < -0.39 is 25.8 Å². The summed E-state index contributed by atoms with van der Waals surface area (Å²) in [6, 6.07) is 17.9. The molecule has 0 aliphatic rings. The van der Waals surface area contributed by atoms with Gasteiger partial charge in [-0.1, -0.05) is 18.2 Å². The van der Waals surface area contributed by atoms with E-state index in [1.807, 2.05) is 0 Å². The lowest BCUT2D eigenvalue weighted by Crippen LogP contribution is -2.12. The summed E-state index contributed by atoms with van der Waals surface area (Å²) >= 11 is 0. The molecule has 3 rings (SSSR count). The Hall–Kier alpha value is -3.17. The summed E-state index contributed by atoms with van der Waals surface area (Å²) in [5, 5.41) is 8.90. The molecule has 3 aromatic carbocycles. The third kappa shape index (κ3) is 4.05. The molecule has 0 aliphatic carbocycles. The minimum absolute atomic E-state index is 0.0235. The zero-order valence-electron chi connectivity index (χ0n) is 14.3. The first-order chi connectivity index (χ1) is 13.2. The zero-order valence-corrected chi connectivity index (χ0v) is 15.9. The van der Waals surface area contributed by atoms with Gasteiger partial charge in [-0.3, -0.25) is 4.72 Å². The molecule has 0 amide bonds. The van der Waals surface area contributed by atoms with Crippen molar-refractivity contribution in [3.8, 4) is 0 Å². The summed E-state index contributed by atoms with van der Waals surface area (Å²) in [6.07, 6.45) is 0. The maximum absolute atomic E-state index is 12.6. The Balaban J connectivity index is 1.84. The second-order valence-electron chi connectivity index (χ2n) is 5.78. The highest BCUT2D eigenvalue weighted by Gasteiger charge is 2.19. The molecule has 0 aromatic heterocycles. The van der Waals surface area contributed by atoms with Crippen molar-refractivity contribution in [3.63, 3.8) is 0 Å². The smallest absolute Gasteiger partial charge is 0.335 e. The van der Waals surface area contributed by atoms with Gasteiger partial charge in [0, 0.05) is 5.69 Å². The fourth-order valence-corrected chi connectivity index (χ4v) is 4.77. The van der Waals surface area contributed by atoms with E-state index in [1.165, 1.54) is 60.7 Å². The average molecular weight is 417 g/mol. The number of carboxylic acids is 1. The lowest BCUT2D eigenvalue weighted by atomic mass is 10.2. The van der Waals surface area contributed by atoms with E-state index >= 15 is 0 Å². The van der Waals surface area contributed by atoms with Crippen LogP contribution in [0.25, 0.3) is 0 Å². The molecule has 0 atom stereocenters. The molecule has 0 spiro atoms. The molecular formula is C19H15NO6S2. The van der Waals surface area contributed by atoms with Crippen molar-refractivity contribution in [1.29, 1.82) is 0 Å². The van der Waals surface area contributed by atoms with Crippen LogP contribution >= 0.6 is 0 Å². The van der Waals surface area contributed by atoms with Gasteiger partial charge in [-0.25, -0.2) is 21.6 Å². The molecule has 0 radical (unpaired) electrons. The summed E-state index contributed by atoms with van der Waals surface area (Å²) in [6.45, 7) is 0. The number of sulfonamides is 1. The van der Waals surface area contributed by atoms with Crippen LogP contribution in [-0.4, -0.2) is 27.9 Å². The quantitative estimate of drug-likeness (QED) is 0.637. The van der Waals surface area contributed by atoms with Crippen molar-refractivity contribution in [2.75, 3.05) is 4.72 Å². The number of rotatable bonds is 6. The number of hydrogen-bond acceptors (Lipinski definition) is 5. The highest BCUT2D eigenvalue weighted by molar-refractivity contribution is 7.92. The lowest BCUT2D eigenvalue weighted by molar-refractivity contribution is 0.0696. The maximum Gasteiger partial charge on any atom is 0.335 e. The number of sulfone groups is 1. The number of carbonyl (C=O) groups is 1. The van der Waals surface area contributed by atoms with Crippen LogP contribution in [-0.2, 0) is 19.9 Å². The number of carboxylic acid groups (broad SMARTS) is 1. The topological polar surface area (TPSA) is 118 Å². The summed E-state index contributed by atoms with van der Waals surface area (Å²) in [7, 11) is -7.65. The first kappa shape index (κ1) is 19.6. The summed E-state index contributed by atoms with van der Waals surface area (Å²) < 4.78 is 52.3. The van der Waals surface area contributed by atoms with Crippen LogP contribution in [0.15, 0.2) is 93.5 Å². The Morgan fingerprint density at radius 1 is 0.679 bits per heavy atom. The Kier molecular flexibility index (Phi) is 5.21. The van der Waals surface area contributed by atoms with E-state index in [1.54, 1.807) is 18.2 Å². The van der Waals surface area contributed by atoms with E-state index in [9.17, 15) is 21.6 Å². The highest BCUT2D eigenvalue weighted by Crippen LogP contribution is 2.24. The Labute approximate surface area is 162 Å². The molecule has 0 fully saturated rings. The number of benzene rings is 3. The summed E-state index contributed by atoms with van der Waals surface area (Å²) in [5.41, 5.74) is 0.189. The maximum atomic E-state index is 12.6. The molecule has 0 saturated carbocycles. The van der Waals surface area contributed by atoms with Crippen molar-refractivity contribution >= 4 is 31.5 Å². The molecule has 3 aromatic rings. The third-order valence-corrected chi connectivity index (χ3v) is 7.06. The van der Waals surface area contributed by atoms with Gasteiger partial charge in [-0.05, 0) is 60.7 Å². The van der Waals surface area contributed by atoms with Crippen molar-refractivity contribution < 1.29 is 26.7 Å². The fraction of sp³-hybridized carbons (Fsp3) is 0. The van der Waals surface area contributed by atoms with Crippen molar-refractivity contribution in [1.82, 2.24) is 0 Å². The number of nitrogens with one attached hydrogen (secondary N) is 1. The van der Waals surface area contributed by atoms with Gasteiger partial charge in [0.25, 0.3) is 10.0 Å². The van der Waals surface area contributed by atoms with Gasteiger partial charge in [-0.2, -0.15) is 0 Å². The van der Waals surface area contributed by atoms with Crippen LogP contribution in [0.4, 0.5) is 5.69 Å². The molecule has 9 heteroatoms. The lowest BCUT2D eigenvalue weighted by Gasteiger charge is -2.09. The molecule has 0 aliphatic heterocycles. The van der Waals surface area contributed by atoms with Crippen molar-refractivity contribution in [2.45, 2.75) is 14.7 Å². The minimum Gasteiger partial charge on any atom is -0.478 e. The minimum atomic E-state index is -3.86. The molecule has 0 saturated heterocycles. The number of anilines is 1. The Morgan fingerprint density at radius 3 is 1.68 bits per heavy atom. The van der Waals surface area contributed by atoms with Gasteiger partial charge in [0.2, 0.25) is 9.84 Å². The van der Waals surface area contributed by atoms with Crippen LogP contribution in [0.5, 0.6) is 0 Å². The van der Waals surface area contributed by atoms with Crippen LogP contribution < -0.4 is 4.72 Å². The Bertz CT molecular complexity index is 1200. The predicted molar refractivity (Wildman–Crippen MR) is 103 cm³/mol. The van der Waals surface area contributed by atoms with Gasteiger partial charge in [-0.15, -0.1) is 0 Å². The SMILES string of the molecule is O=C(O)c1ccc(S(=O)(=O)c2ccc(NS(=O)(=O)c3ccccc3)cc2)cc1. The molecular weight excluding hydrogens is 402 g/mol. The summed E-state index contributed by atoms with van der Waals surface area (Å²) in [4.78, 5) is 10.9. The fourth-order valence-electron chi connectivity index (χ4n) is 2.43. The first-order valence-corrected chi connectivity index (χ1v) is 10.9. The second kappa shape index (κ2) is 7.45. The Morgan fingerprint density at radius 2 is 1.18 bits per heavy atom. The van der Waals surface area contributed by atoms with Crippen molar-refractivity contribution in [3.05, 3.63) is 84.4 Å². The molecule has 2 N–H and O–H groups in total. The largest absolute Gasteiger partial charge is 0.478 e. The van der Waals surface area contributed by atoms with E-state index in [0.717, 1.165) is 0 Å². The average Bonchev–Trinajstić information content (AvgIpc) is 2.69. The number of hydrogen-bond donors (Lipinski definition) is 2. The summed E-state index contributed by atoms with van der Waals surface area (Å²) in [5.74, 6) is -1.15. The van der Waals surface area contributed by atoms with E-state index in [4.69, 9.17) is 5.11 Å². The van der Waals surface area contributed by atoms with Crippen LogP contribution in [0.2, 0.25) is 0 Å². The predicted octanol–water partition coefficient (Wildman–Crippen LogP) is 3.02. The molecule has 0 unspecified atom stereocenters. The van der Waals surface area contributed by atoms with Crippen LogP contribution in [0, 0.1) is 0 Å². The van der Waals surface area contributed by atoms with Gasteiger partial charge in [0.1, 0.15) is 0 Å². The molecule has 144 valence electrons. The highest BCUT2D eigenvalue weighted by atomic mass is 32.2. The molecule has 28 heavy (non-hydrogen) atoms. The van der Waals surface area contributed by atoms with Gasteiger partial charge >= 0.3 is 5.97 Å². The number of aromatic carboxylic acids is 1. The molecule has 7 nitrogen and oxygen atoms in total. The normalized spacial score (nSPS) is 11.7. The van der Waals surface area contributed by atoms with Crippen LogP contribution in [0.1, 0.15) is 10.4 Å².